The highest BCUT2D eigenvalue weighted by Gasteiger charge is 2.33. The normalized spacial score (nSPS) is 19.6. The first-order valence-electron chi connectivity index (χ1n) is 7.64. The van der Waals surface area contributed by atoms with E-state index in [1.54, 1.807) is 4.31 Å². The molecule has 1 aromatic carbocycles. The van der Waals surface area contributed by atoms with Crippen LogP contribution in [0.15, 0.2) is 24.3 Å². The Bertz CT molecular complexity index is 558. The molecule has 0 aromatic heterocycles. The number of sulfonamides is 1. The molecule has 0 atom stereocenters. The van der Waals surface area contributed by atoms with Gasteiger partial charge in [0.05, 0.1) is 5.75 Å². The fourth-order valence-electron chi connectivity index (χ4n) is 2.73. The maximum absolute atomic E-state index is 12.5. The zero-order chi connectivity index (χ0) is 15.5. The average molecular weight is 310 g/mol. The quantitative estimate of drug-likeness (QED) is 0.909. The molecule has 0 bridgehead atoms. The first kappa shape index (κ1) is 16.5. The van der Waals surface area contributed by atoms with Gasteiger partial charge >= 0.3 is 0 Å². The first-order chi connectivity index (χ1) is 9.88. The number of hydrogen-bond donors (Lipinski definition) is 1. The fraction of sp³-hybridized carbons (Fsp3) is 0.625. The number of benzene rings is 1. The highest BCUT2D eigenvalue weighted by Crippen LogP contribution is 2.35. The lowest BCUT2D eigenvalue weighted by molar-refractivity contribution is 0.169. The monoisotopic (exact) mass is 310 g/mol. The Balaban J connectivity index is 2.02. The molecule has 4 nitrogen and oxygen atoms in total. The van der Waals surface area contributed by atoms with E-state index >= 15 is 0 Å². The molecule has 1 saturated heterocycles. The zero-order valence-corrected chi connectivity index (χ0v) is 13.8. The molecule has 1 aliphatic rings. The Morgan fingerprint density at radius 3 is 2.14 bits per heavy atom. The SMILES string of the molecule is CCC1(C)CCN(S(=O)(=O)Cc2ccc(CN)cc2)CC1. The van der Waals surface area contributed by atoms with E-state index in [1.165, 1.54) is 0 Å². The largest absolute Gasteiger partial charge is 0.326 e. The van der Waals surface area contributed by atoms with E-state index in [4.69, 9.17) is 5.73 Å². The predicted octanol–water partition coefficient (Wildman–Crippen LogP) is 2.49. The lowest BCUT2D eigenvalue weighted by atomic mass is 9.79. The molecule has 0 spiro atoms. The molecule has 5 heteroatoms. The second kappa shape index (κ2) is 6.46. The van der Waals surface area contributed by atoms with Crippen LogP contribution in [0.3, 0.4) is 0 Å². The molecule has 0 aliphatic carbocycles. The third-order valence-corrected chi connectivity index (χ3v) is 6.63. The molecule has 2 rings (SSSR count). The van der Waals surface area contributed by atoms with E-state index < -0.39 is 10.0 Å². The maximum atomic E-state index is 12.5. The van der Waals surface area contributed by atoms with E-state index in [2.05, 4.69) is 13.8 Å². The fourth-order valence-corrected chi connectivity index (χ4v) is 4.27. The molecule has 0 unspecified atom stereocenters. The van der Waals surface area contributed by atoms with Crippen LogP contribution in [-0.2, 0) is 22.3 Å². The summed E-state index contributed by atoms with van der Waals surface area (Å²) in [6.45, 7) is 6.21. The molecular formula is C16H26N2O2S. The van der Waals surface area contributed by atoms with E-state index in [1.807, 2.05) is 24.3 Å². The molecule has 1 heterocycles. The minimum atomic E-state index is -3.21. The summed E-state index contributed by atoms with van der Waals surface area (Å²) in [5.41, 5.74) is 7.71. The van der Waals surface area contributed by atoms with E-state index in [9.17, 15) is 8.42 Å². The van der Waals surface area contributed by atoms with Gasteiger partial charge in [-0.25, -0.2) is 12.7 Å². The summed E-state index contributed by atoms with van der Waals surface area (Å²) in [6, 6.07) is 7.52. The molecule has 1 aliphatic heterocycles. The van der Waals surface area contributed by atoms with Crippen LogP contribution >= 0.6 is 0 Å². The maximum Gasteiger partial charge on any atom is 0.218 e. The van der Waals surface area contributed by atoms with Crippen LogP contribution in [0.25, 0.3) is 0 Å². The predicted molar refractivity (Wildman–Crippen MR) is 86.2 cm³/mol. The van der Waals surface area contributed by atoms with Gasteiger partial charge in [-0.2, -0.15) is 0 Å². The lowest BCUT2D eigenvalue weighted by Gasteiger charge is -2.38. The van der Waals surface area contributed by atoms with Crippen LogP contribution in [0.4, 0.5) is 0 Å². The Labute approximate surface area is 128 Å². The number of piperidine rings is 1. The minimum Gasteiger partial charge on any atom is -0.326 e. The summed E-state index contributed by atoms with van der Waals surface area (Å²) in [6.07, 6.45) is 3.02. The van der Waals surface area contributed by atoms with Crippen molar-refractivity contribution in [2.45, 2.75) is 45.4 Å². The van der Waals surface area contributed by atoms with Gasteiger partial charge in [0.15, 0.2) is 0 Å². The van der Waals surface area contributed by atoms with E-state index in [0.717, 1.165) is 30.4 Å². The van der Waals surface area contributed by atoms with Crippen LogP contribution in [0, 0.1) is 5.41 Å². The van der Waals surface area contributed by atoms with Gasteiger partial charge in [0.2, 0.25) is 10.0 Å². The highest BCUT2D eigenvalue weighted by molar-refractivity contribution is 7.88. The molecule has 1 aromatic rings. The van der Waals surface area contributed by atoms with Gasteiger partial charge in [0, 0.05) is 19.6 Å². The van der Waals surface area contributed by atoms with Gasteiger partial charge in [0.1, 0.15) is 0 Å². The number of hydrogen-bond acceptors (Lipinski definition) is 3. The van der Waals surface area contributed by atoms with Crippen LogP contribution in [0.2, 0.25) is 0 Å². The van der Waals surface area contributed by atoms with Crippen molar-refractivity contribution in [3.05, 3.63) is 35.4 Å². The Kier molecular flexibility index (Phi) is 5.07. The Morgan fingerprint density at radius 2 is 1.67 bits per heavy atom. The van der Waals surface area contributed by atoms with E-state index in [-0.39, 0.29) is 5.75 Å². The van der Waals surface area contributed by atoms with Crippen molar-refractivity contribution in [2.24, 2.45) is 11.1 Å². The summed E-state index contributed by atoms with van der Waals surface area (Å²) in [5.74, 6) is 0.0840. The highest BCUT2D eigenvalue weighted by atomic mass is 32.2. The summed E-state index contributed by atoms with van der Waals surface area (Å²) >= 11 is 0. The molecule has 0 saturated carbocycles. The minimum absolute atomic E-state index is 0.0840. The van der Waals surface area contributed by atoms with Crippen LogP contribution in [0.1, 0.15) is 44.2 Å². The van der Waals surface area contributed by atoms with Crippen molar-refractivity contribution in [1.82, 2.24) is 4.31 Å². The average Bonchev–Trinajstić information content (AvgIpc) is 2.48. The summed E-state index contributed by atoms with van der Waals surface area (Å²) in [4.78, 5) is 0. The molecule has 0 amide bonds. The topological polar surface area (TPSA) is 63.4 Å². The van der Waals surface area contributed by atoms with Crippen LogP contribution in [-0.4, -0.2) is 25.8 Å². The van der Waals surface area contributed by atoms with Crippen molar-refractivity contribution in [2.75, 3.05) is 13.1 Å². The van der Waals surface area contributed by atoms with Crippen molar-refractivity contribution >= 4 is 10.0 Å². The summed E-state index contributed by atoms with van der Waals surface area (Å²) < 4.78 is 26.7. The van der Waals surface area contributed by atoms with Gasteiger partial charge in [-0.15, -0.1) is 0 Å². The first-order valence-corrected chi connectivity index (χ1v) is 9.25. The van der Waals surface area contributed by atoms with E-state index in [0.29, 0.717) is 25.0 Å². The second-order valence-electron chi connectivity index (χ2n) is 6.34. The molecule has 118 valence electrons. The summed E-state index contributed by atoms with van der Waals surface area (Å²) in [7, 11) is -3.21. The van der Waals surface area contributed by atoms with Crippen molar-refractivity contribution in [3.63, 3.8) is 0 Å². The second-order valence-corrected chi connectivity index (χ2v) is 8.31. The van der Waals surface area contributed by atoms with Gasteiger partial charge in [-0.1, -0.05) is 44.5 Å². The molecule has 0 radical (unpaired) electrons. The van der Waals surface area contributed by atoms with Gasteiger partial charge in [-0.3, -0.25) is 0 Å². The van der Waals surface area contributed by atoms with Crippen LogP contribution in [0.5, 0.6) is 0 Å². The molecule has 2 N–H and O–H groups in total. The van der Waals surface area contributed by atoms with Crippen molar-refractivity contribution in [3.8, 4) is 0 Å². The van der Waals surface area contributed by atoms with Crippen LogP contribution < -0.4 is 5.73 Å². The Morgan fingerprint density at radius 1 is 1.14 bits per heavy atom. The third kappa shape index (κ3) is 4.05. The van der Waals surface area contributed by atoms with Crippen molar-refractivity contribution in [1.29, 1.82) is 0 Å². The lowest BCUT2D eigenvalue weighted by Crippen LogP contribution is -2.42. The summed E-state index contributed by atoms with van der Waals surface area (Å²) in [5, 5.41) is 0. The number of nitrogens with two attached hydrogens (primary N) is 1. The zero-order valence-electron chi connectivity index (χ0n) is 13.0. The molecule has 1 fully saturated rings. The number of rotatable bonds is 5. The number of nitrogens with zero attached hydrogens (tertiary/aromatic N) is 1. The van der Waals surface area contributed by atoms with Gasteiger partial charge in [-0.05, 0) is 29.4 Å². The standard InChI is InChI=1S/C16H26N2O2S/c1-3-16(2)8-10-18(11-9-16)21(19,20)13-15-6-4-14(12-17)5-7-15/h4-7H,3,8-13,17H2,1-2H3. The van der Waals surface area contributed by atoms with Gasteiger partial charge in [0.25, 0.3) is 0 Å². The van der Waals surface area contributed by atoms with Crippen molar-refractivity contribution < 1.29 is 8.42 Å². The van der Waals surface area contributed by atoms with Gasteiger partial charge < -0.3 is 5.73 Å². The molecule has 21 heavy (non-hydrogen) atoms. The third-order valence-electron chi connectivity index (χ3n) is 4.78. The Hall–Kier alpha value is -0.910. The smallest absolute Gasteiger partial charge is 0.218 e. The molecular weight excluding hydrogens is 284 g/mol.